The van der Waals surface area contributed by atoms with E-state index >= 15 is 0 Å². The zero-order valence-corrected chi connectivity index (χ0v) is 6.53. The molecule has 4 nitrogen and oxygen atoms in total. The van der Waals surface area contributed by atoms with Crippen molar-refractivity contribution in [3.05, 3.63) is 30.4 Å². The van der Waals surface area contributed by atoms with Gasteiger partial charge >= 0.3 is 5.97 Å². The number of imidazole rings is 1. The van der Waals surface area contributed by atoms with Gasteiger partial charge in [0, 0.05) is 18.0 Å². The van der Waals surface area contributed by atoms with Crippen LogP contribution in [0.15, 0.2) is 30.4 Å². The van der Waals surface area contributed by atoms with E-state index in [1.165, 1.54) is 0 Å². The van der Waals surface area contributed by atoms with Crippen LogP contribution >= 0.6 is 0 Å². The molecular formula is C8H10N2O2. The third kappa shape index (κ3) is 2.57. The van der Waals surface area contributed by atoms with Crippen molar-refractivity contribution in [3.8, 4) is 0 Å². The number of carbonyl (C=O) groups is 1. The lowest BCUT2D eigenvalue weighted by Gasteiger charge is -2.06. The van der Waals surface area contributed by atoms with E-state index in [-0.39, 0.29) is 0 Å². The minimum absolute atomic E-state index is 0.569. The average Bonchev–Trinajstić information content (AvgIpc) is 2.34. The van der Waals surface area contributed by atoms with Crippen molar-refractivity contribution in [1.29, 1.82) is 0 Å². The van der Waals surface area contributed by atoms with E-state index in [0.29, 0.717) is 5.57 Å². The van der Waals surface area contributed by atoms with Crippen LogP contribution in [0.3, 0.4) is 0 Å². The molecule has 1 aliphatic carbocycles. The summed E-state index contributed by atoms with van der Waals surface area (Å²) in [7, 11) is 0. The minimum Gasteiger partial charge on any atom is -0.478 e. The second-order valence-corrected chi connectivity index (χ2v) is 2.33. The van der Waals surface area contributed by atoms with E-state index in [4.69, 9.17) is 5.11 Å². The van der Waals surface area contributed by atoms with Gasteiger partial charge < -0.3 is 10.1 Å². The summed E-state index contributed by atoms with van der Waals surface area (Å²) in [5, 5.41) is 8.16. The van der Waals surface area contributed by atoms with Gasteiger partial charge in [0.2, 0.25) is 0 Å². The number of aromatic amines is 1. The van der Waals surface area contributed by atoms with Crippen LogP contribution in [-0.2, 0) is 4.79 Å². The van der Waals surface area contributed by atoms with Crippen LogP contribution < -0.4 is 0 Å². The molecule has 0 fully saturated rings. The van der Waals surface area contributed by atoms with E-state index in [9.17, 15) is 4.79 Å². The first-order chi connectivity index (χ1) is 5.80. The molecule has 0 saturated carbocycles. The van der Waals surface area contributed by atoms with Crippen molar-refractivity contribution in [2.75, 3.05) is 0 Å². The Kier molecular flexibility index (Phi) is 3.07. The quantitative estimate of drug-likeness (QED) is 0.658. The predicted molar refractivity (Wildman–Crippen MR) is 43.5 cm³/mol. The third-order valence-electron chi connectivity index (χ3n) is 1.49. The van der Waals surface area contributed by atoms with Gasteiger partial charge in [0.25, 0.3) is 0 Å². The summed E-state index contributed by atoms with van der Waals surface area (Å²) in [6.45, 7) is 0. The highest BCUT2D eigenvalue weighted by Gasteiger charge is 2.11. The van der Waals surface area contributed by atoms with E-state index in [0.717, 1.165) is 12.8 Å². The number of allylic oxidation sites excluding steroid dienone is 1. The molecule has 64 valence electrons. The molecule has 12 heavy (non-hydrogen) atoms. The SMILES string of the molecule is O=C(O)C1=CCC1.c1c[nH]cn1. The summed E-state index contributed by atoms with van der Waals surface area (Å²) >= 11 is 0. The summed E-state index contributed by atoms with van der Waals surface area (Å²) in [5.41, 5.74) is 0.569. The summed E-state index contributed by atoms with van der Waals surface area (Å²) in [5.74, 6) is -0.758. The van der Waals surface area contributed by atoms with Gasteiger partial charge in [0.15, 0.2) is 0 Å². The molecule has 2 N–H and O–H groups in total. The van der Waals surface area contributed by atoms with E-state index < -0.39 is 5.97 Å². The fraction of sp³-hybridized carbons (Fsp3) is 0.250. The van der Waals surface area contributed by atoms with E-state index in [1.807, 2.05) is 0 Å². The van der Waals surface area contributed by atoms with Gasteiger partial charge in [0.1, 0.15) is 0 Å². The maximum atomic E-state index is 9.91. The number of H-pyrrole nitrogens is 1. The Hall–Kier alpha value is -1.58. The number of nitrogens with one attached hydrogen (secondary N) is 1. The molecule has 0 amide bonds. The largest absolute Gasteiger partial charge is 0.478 e. The summed E-state index contributed by atoms with van der Waals surface area (Å²) in [6, 6.07) is 0. The zero-order valence-electron chi connectivity index (χ0n) is 6.53. The first-order valence-corrected chi connectivity index (χ1v) is 3.66. The summed E-state index contributed by atoms with van der Waals surface area (Å²) in [6.07, 6.45) is 8.53. The first-order valence-electron chi connectivity index (χ1n) is 3.66. The average molecular weight is 166 g/mol. The molecule has 0 atom stereocenters. The van der Waals surface area contributed by atoms with E-state index in [1.54, 1.807) is 24.8 Å². The lowest BCUT2D eigenvalue weighted by molar-refractivity contribution is -0.133. The Morgan fingerprint density at radius 2 is 2.42 bits per heavy atom. The molecule has 1 aliphatic rings. The van der Waals surface area contributed by atoms with Gasteiger partial charge in [-0.05, 0) is 12.8 Å². The Balaban J connectivity index is 0.000000127. The number of hydrogen-bond acceptors (Lipinski definition) is 2. The highest BCUT2D eigenvalue weighted by Crippen LogP contribution is 2.16. The second-order valence-electron chi connectivity index (χ2n) is 2.33. The van der Waals surface area contributed by atoms with Crippen molar-refractivity contribution >= 4 is 5.97 Å². The molecule has 0 saturated heterocycles. The molecule has 2 rings (SSSR count). The van der Waals surface area contributed by atoms with Crippen LogP contribution in [0.25, 0.3) is 0 Å². The number of hydrogen-bond donors (Lipinski definition) is 2. The molecule has 1 heterocycles. The van der Waals surface area contributed by atoms with Crippen molar-refractivity contribution < 1.29 is 9.90 Å². The smallest absolute Gasteiger partial charge is 0.331 e. The van der Waals surface area contributed by atoms with Crippen LogP contribution in [0.4, 0.5) is 0 Å². The van der Waals surface area contributed by atoms with E-state index in [2.05, 4.69) is 9.97 Å². The first kappa shape index (κ1) is 8.52. The number of nitrogens with zero attached hydrogens (tertiary/aromatic N) is 1. The Morgan fingerprint density at radius 1 is 1.67 bits per heavy atom. The standard InChI is InChI=1S/C5H6O2.C3H4N2/c6-5(7)4-2-1-3-4;1-2-5-3-4-1/h2H,1,3H2,(H,6,7);1-3H,(H,4,5). The van der Waals surface area contributed by atoms with Crippen LogP contribution in [0.2, 0.25) is 0 Å². The molecule has 0 aliphatic heterocycles. The monoisotopic (exact) mass is 166 g/mol. The fourth-order valence-electron chi connectivity index (χ4n) is 0.698. The maximum absolute atomic E-state index is 9.91. The predicted octanol–water partition coefficient (Wildman–Crippen LogP) is 1.20. The highest BCUT2D eigenvalue weighted by molar-refractivity contribution is 5.87. The van der Waals surface area contributed by atoms with Gasteiger partial charge in [-0.1, -0.05) is 6.08 Å². The molecule has 0 aromatic carbocycles. The van der Waals surface area contributed by atoms with Crippen LogP contribution in [-0.4, -0.2) is 21.0 Å². The number of carboxylic acid groups (broad SMARTS) is 1. The van der Waals surface area contributed by atoms with Gasteiger partial charge in [-0.15, -0.1) is 0 Å². The van der Waals surface area contributed by atoms with Crippen molar-refractivity contribution in [2.45, 2.75) is 12.8 Å². The Morgan fingerprint density at radius 3 is 2.50 bits per heavy atom. The number of carboxylic acids is 1. The zero-order chi connectivity index (χ0) is 8.81. The lowest BCUT2D eigenvalue weighted by atomic mass is 10.00. The van der Waals surface area contributed by atoms with Gasteiger partial charge in [-0.3, -0.25) is 0 Å². The fourth-order valence-corrected chi connectivity index (χ4v) is 0.698. The van der Waals surface area contributed by atoms with Gasteiger partial charge in [-0.25, -0.2) is 9.78 Å². The van der Waals surface area contributed by atoms with Gasteiger partial charge in [0.05, 0.1) is 6.33 Å². The Labute approximate surface area is 70.0 Å². The molecule has 0 unspecified atom stereocenters. The van der Waals surface area contributed by atoms with Crippen molar-refractivity contribution in [3.63, 3.8) is 0 Å². The topological polar surface area (TPSA) is 66.0 Å². The lowest BCUT2D eigenvalue weighted by Crippen LogP contribution is -2.05. The second kappa shape index (κ2) is 4.33. The van der Waals surface area contributed by atoms with Gasteiger partial charge in [-0.2, -0.15) is 0 Å². The third-order valence-corrected chi connectivity index (χ3v) is 1.49. The van der Waals surface area contributed by atoms with Crippen molar-refractivity contribution in [1.82, 2.24) is 9.97 Å². The summed E-state index contributed by atoms with van der Waals surface area (Å²) in [4.78, 5) is 16.3. The molecule has 4 heteroatoms. The number of aromatic nitrogens is 2. The van der Waals surface area contributed by atoms with Crippen LogP contribution in [0.1, 0.15) is 12.8 Å². The highest BCUT2D eigenvalue weighted by atomic mass is 16.4. The number of aliphatic carboxylic acids is 1. The molecule has 0 spiro atoms. The molecule has 1 aromatic heterocycles. The summed E-state index contributed by atoms with van der Waals surface area (Å²) < 4.78 is 0. The maximum Gasteiger partial charge on any atom is 0.331 e. The molecule has 0 radical (unpaired) electrons. The normalized spacial score (nSPS) is 13.5. The minimum atomic E-state index is -0.758. The molecule has 0 bridgehead atoms. The number of rotatable bonds is 1. The van der Waals surface area contributed by atoms with Crippen molar-refractivity contribution in [2.24, 2.45) is 0 Å². The Bertz CT molecular complexity index is 247. The van der Waals surface area contributed by atoms with Crippen LogP contribution in [0, 0.1) is 0 Å². The van der Waals surface area contributed by atoms with Crippen LogP contribution in [0.5, 0.6) is 0 Å². The molecular weight excluding hydrogens is 156 g/mol. The molecule has 1 aromatic rings.